The first-order valence-electron chi connectivity index (χ1n) is 36.8. The van der Waals surface area contributed by atoms with Crippen LogP contribution in [0.15, 0.2) is 35.3 Å². The number of nitrogen functional groups attached to an aromatic ring is 1. The summed E-state index contributed by atoms with van der Waals surface area (Å²) in [5.41, 5.74) is 5.43. The third-order valence-corrected chi connectivity index (χ3v) is 18.8. The molecule has 2 aromatic heterocycles. The van der Waals surface area contributed by atoms with Crippen molar-refractivity contribution in [2.75, 3.05) is 50.5 Å². The molecule has 0 saturated carbocycles. The Balaban J connectivity index is 0. The fourth-order valence-electron chi connectivity index (χ4n) is 11.3. The highest BCUT2D eigenvalue weighted by Gasteiger charge is 2.40. The number of nitrogens with two attached hydrogens (primary N) is 1. The average Bonchev–Trinajstić information content (AvgIpc) is 0.809. The van der Waals surface area contributed by atoms with Gasteiger partial charge in [0.05, 0.1) is 68.7 Å². The molecule has 1 aromatic carbocycles. The zero-order chi connectivity index (χ0) is 89.2. The lowest BCUT2D eigenvalue weighted by Crippen LogP contribution is -2.53. The first-order valence-corrected chi connectivity index (χ1v) is 37.2. The van der Waals surface area contributed by atoms with Crippen LogP contribution in [0.4, 0.5) is 11.6 Å². The molecular weight excluding hydrogens is 1600 g/mol. The number of aromatic nitrogens is 4. The Hall–Kier alpha value is -10.0. The quantitative estimate of drug-likeness (QED) is 0.0233. The summed E-state index contributed by atoms with van der Waals surface area (Å²) in [5.74, 6) is -23.8. The van der Waals surface area contributed by atoms with E-state index in [4.69, 9.17) is 10.8 Å². The highest BCUT2D eigenvalue weighted by molar-refractivity contribution is 7.81. The minimum absolute atomic E-state index is 0. The number of nitrogens with zero attached hydrogens (tertiary/aromatic N) is 3. The molecule has 0 fully saturated rings. The number of aromatic amines is 1. The number of H-pyrrole nitrogens is 1. The van der Waals surface area contributed by atoms with Crippen molar-refractivity contribution in [1.82, 2.24) is 57.2 Å². The smallest absolute Gasteiger partial charge is 0.327 e. The predicted octanol–water partition coefficient (Wildman–Crippen LogP) is -9.45. The van der Waals surface area contributed by atoms with Crippen LogP contribution in [0.3, 0.4) is 0 Å². The van der Waals surface area contributed by atoms with E-state index in [1.807, 2.05) is 0 Å². The zero-order valence-corrected chi connectivity index (χ0v) is 64.8. The molecule has 0 unspecified atom stereocenters. The van der Waals surface area contributed by atoms with Crippen molar-refractivity contribution >= 4 is 118 Å². The van der Waals surface area contributed by atoms with Crippen LogP contribution in [-0.4, -0.2) is 341 Å². The lowest BCUT2D eigenvalue weighted by Gasteiger charge is -2.29. The Morgan fingerprint density at radius 2 is 0.864 bits per heavy atom. The van der Waals surface area contributed by atoms with Crippen LogP contribution in [-0.2, 0) is 68.9 Å². The maximum atomic E-state index is 14.8. The fraction of sp³-hybridized carbons (Fsp3) is 0.629. The van der Waals surface area contributed by atoms with Gasteiger partial charge in [-0.05, 0) is 76.6 Å². The van der Waals surface area contributed by atoms with Crippen molar-refractivity contribution in [3.63, 3.8) is 0 Å². The van der Waals surface area contributed by atoms with Gasteiger partial charge < -0.3 is 145 Å². The molecule has 7 amide bonds. The van der Waals surface area contributed by atoms with Crippen LogP contribution >= 0.6 is 12.6 Å². The molecule has 47 nitrogen and oxygen atoms in total. The number of ketones is 3. The predicted molar refractivity (Wildman–Crippen MR) is 412 cm³/mol. The molecule has 0 aliphatic heterocycles. The summed E-state index contributed by atoms with van der Waals surface area (Å²) in [6, 6.07) is -2.28. The standard InChI is InChI=1S/C70H105N13O34S.4H2/c1-70(2,118)60(68(116)117)81-65(112)33(7-16-50(98)75-26-44(92)56(105)59(108)47(95)29-86)21-41(89)38(13-18-52(101)102)79-64(111)32(6-15-49(97)74-25-43(91)55(104)58(107)46(94)28-85)20-40(88)37(12-17-51(99)100)78-63(110)31(5-14-48(96)73-24-42(90)54(103)57(106)45(93)27-84)19-36(87)10-11-39(67(114)115)80-62(109)30-3-8-34(9-4-30)72-22-35-23-76-61-53(77-35)66(113)83-69(71)82-61;;;;/h3-4,8-9,23,31-33,37-39,42-47,54-60,72,84-86,90-95,103-108,118H,5-7,10-22,24-29H2,1-2H3,(H,73,96)(H,74,97)(H,75,98)(H,78,110)(H,79,111)(H,80,109)(H,81,112)(H,99,100)(H,101,102)(H,114,115)(H,116,117)(H3,71,76,82,83,113);4*1H/t31-,32-,33-,37-,38-,39-,42+,43+,44+,45-,46-,47-,54-,55-,56-,57-,58-,59-,60+;;;;/m1..../s1/i;4*1+1. The summed E-state index contributed by atoms with van der Waals surface area (Å²) < 4.78 is -1.55. The van der Waals surface area contributed by atoms with Crippen molar-refractivity contribution in [1.29, 1.82) is 0 Å². The molecule has 0 saturated heterocycles. The topological polar surface area (TPSA) is 817 Å². The molecule has 0 aliphatic carbocycles. The second kappa shape index (κ2) is 50.0. The number of rotatable bonds is 58. The Bertz CT molecular complexity index is 3980. The average molecular weight is 1720 g/mol. The largest absolute Gasteiger partial charge is 0.481 e. The maximum Gasteiger partial charge on any atom is 0.327 e. The van der Waals surface area contributed by atoms with E-state index >= 15 is 0 Å². The second-order valence-electron chi connectivity index (χ2n) is 28.3. The molecule has 2 heterocycles. The van der Waals surface area contributed by atoms with E-state index in [0.29, 0.717) is 11.4 Å². The molecule has 48 heteroatoms. The number of carbonyl (C=O) groups is 14. The van der Waals surface area contributed by atoms with Gasteiger partial charge in [0.2, 0.25) is 41.4 Å². The van der Waals surface area contributed by atoms with Crippen molar-refractivity contribution < 1.29 is 170 Å². The van der Waals surface area contributed by atoms with Gasteiger partial charge in [-0.2, -0.15) is 17.6 Å². The Morgan fingerprint density at radius 1 is 0.483 bits per heavy atom. The molecule has 118 heavy (non-hydrogen) atoms. The van der Waals surface area contributed by atoms with E-state index in [-0.39, 0.29) is 34.9 Å². The normalized spacial score (nSPS) is 16.5. The van der Waals surface area contributed by atoms with Crippen LogP contribution in [0.25, 0.3) is 11.2 Å². The molecular formula is C70H113N13O34S. The molecule has 30 N–H and O–H groups in total. The Kier molecular flexibility index (Phi) is 43.3. The number of amides is 7. The lowest BCUT2D eigenvalue weighted by molar-refractivity contribution is -0.143. The van der Waals surface area contributed by atoms with Gasteiger partial charge in [0.15, 0.2) is 22.7 Å². The SMILES string of the molecule is CC(C)(S)[C@@H](NC(=O)[C@H](CCC(=O)NC[C@H](O)[C@@H](O)[C@H](O)[C@H](O)CO)CC(=O)[C@@H](CCC(=O)O)NC(=O)[C@H](CCC(=O)NC[C@H](O)[C@@H](O)[C@H](O)[C@H](O)CO)CC(=O)[C@@H](CCC(=O)O)NC(=O)[C@H](CCC(=O)NC[C@H](O)[C@@H](O)[C@H](O)[C@H](O)CO)CC(=O)CC[C@@H](NC(=O)c1ccc(NCc2cnc3nc(N)[nH]c(=O)c3n2)cc1)C(=O)O)C(=O)O.[2HH].[2HH].[2HH].[2HH]. The van der Waals surface area contributed by atoms with Gasteiger partial charge in [0.25, 0.3) is 11.5 Å². The number of benzene rings is 1. The number of aliphatic hydroxyl groups is 15. The number of hydrogen-bond donors (Lipinski definition) is 30. The maximum absolute atomic E-state index is 14.8. The Labute approximate surface area is 682 Å². The van der Waals surface area contributed by atoms with Crippen molar-refractivity contribution in [2.24, 2.45) is 17.8 Å². The summed E-state index contributed by atoms with van der Waals surface area (Å²) in [6.07, 6.45) is -36.6. The summed E-state index contributed by atoms with van der Waals surface area (Å²) in [5, 5.41) is 208. The number of hydrogen-bond acceptors (Lipinski definition) is 36. The van der Waals surface area contributed by atoms with E-state index in [1.54, 1.807) is 0 Å². The number of aliphatic carboxylic acids is 4. The van der Waals surface area contributed by atoms with Crippen LogP contribution in [0.1, 0.15) is 132 Å². The van der Waals surface area contributed by atoms with Crippen molar-refractivity contribution in [3.05, 3.63) is 52.1 Å². The van der Waals surface area contributed by atoms with E-state index in [0.717, 1.165) is 0 Å². The highest BCUT2D eigenvalue weighted by atomic mass is 32.1. The van der Waals surface area contributed by atoms with Gasteiger partial charge in [-0.25, -0.2) is 19.6 Å². The number of anilines is 2. The first-order chi connectivity index (χ1) is 55.2. The molecule has 3 aromatic rings. The molecule has 668 valence electrons. The summed E-state index contributed by atoms with van der Waals surface area (Å²) in [6.45, 7) is -3.30. The van der Waals surface area contributed by atoms with E-state index in [9.17, 15) is 164 Å². The van der Waals surface area contributed by atoms with Gasteiger partial charge >= 0.3 is 23.9 Å². The molecule has 0 spiro atoms. The number of aliphatic hydroxyl groups excluding tert-OH is 15. The third kappa shape index (κ3) is 34.9. The minimum Gasteiger partial charge on any atom is -0.481 e. The Morgan fingerprint density at radius 3 is 1.24 bits per heavy atom. The number of carbonyl (C=O) groups excluding carboxylic acids is 10. The number of carboxylic acid groups (broad SMARTS) is 4. The molecule has 0 bridgehead atoms. The highest BCUT2D eigenvalue weighted by Crippen LogP contribution is 2.25. The monoisotopic (exact) mass is 1720 g/mol. The first kappa shape index (κ1) is 102. The molecule has 3 rings (SSSR count). The molecule has 0 aliphatic rings. The number of fused-ring (bicyclic) bond motifs is 1. The van der Waals surface area contributed by atoms with E-state index in [1.165, 1.54) is 44.3 Å². The van der Waals surface area contributed by atoms with Gasteiger partial charge in [0.1, 0.15) is 72.8 Å². The van der Waals surface area contributed by atoms with Gasteiger partial charge in [-0.3, -0.25) is 67.3 Å². The third-order valence-electron chi connectivity index (χ3n) is 18.5. The van der Waals surface area contributed by atoms with Crippen LogP contribution in [0.2, 0.25) is 0 Å². The lowest BCUT2D eigenvalue weighted by atomic mass is 9.88. The number of thiol groups is 1. The molecule has 0 radical (unpaired) electrons. The zero-order valence-electron chi connectivity index (χ0n) is 63.9. The summed E-state index contributed by atoms with van der Waals surface area (Å²) in [4.78, 5) is 216. The van der Waals surface area contributed by atoms with E-state index in [2.05, 4.69) is 75.1 Å². The van der Waals surface area contributed by atoms with Crippen LogP contribution in [0.5, 0.6) is 0 Å². The minimum atomic E-state index is -2.22. The van der Waals surface area contributed by atoms with Crippen molar-refractivity contribution in [2.45, 2.75) is 219 Å². The summed E-state index contributed by atoms with van der Waals surface area (Å²) >= 11 is 4.23. The number of carboxylic acids is 4. The number of Topliss-reactive ketones (excluding diaryl/α,β-unsaturated/α-hetero) is 3. The van der Waals surface area contributed by atoms with E-state index < -0.39 is 344 Å². The second-order valence-corrected chi connectivity index (χ2v) is 29.5. The summed E-state index contributed by atoms with van der Waals surface area (Å²) in [7, 11) is 0. The van der Waals surface area contributed by atoms with Gasteiger partial charge in [-0.15, -0.1) is 0 Å². The van der Waals surface area contributed by atoms with Crippen LogP contribution < -0.4 is 53.8 Å². The fourth-order valence-corrected chi connectivity index (χ4v) is 11.5. The number of nitrogens with one attached hydrogen (secondary N) is 9. The molecule has 19 atom stereocenters. The van der Waals surface area contributed by atoms with Crippen molar-refractivity contribution in [3.8, 4) is 0 Å². The van der Waals surface area contributed by atoms with Gasteiger partial charge in [-0.1, -0.05) is 0 Å². The van der Waals surface area contributed by atoms with Gasteiger partial charge in [0, 0.05) is 117 Å². The van der Waals surface area contributed by atoms with Crippen LogP contribution in [0, 0.1) is 17.8 Å².